The van der Waals surface area contributed by atoms with Gasteiger partial charge in [0.05, 0.1) is 6.04 Å². The average molecular weight is 550 g/mol. The molecule has 3 aromatic rings. The molecule has 0 spiro atoms. The molecule has 11 heteroatoms. The fourth-order valence-corrected chi connectivity index (χ4v) is 6.55. The molecule has 35 heavy (non-hydrogen) atoms. The summed E-state index contributed by atoms with van der Waals surface area (Å²) in [5.41, 5.74) is 8.13. The van der Waals surface area contributed by atoms with Crippen LogP contribution in [0, 0.1) is 0 Å². The van der Waals surface area contributed by atoms with Gasteiger partial charge in [0.2, 0.25) is 0 Å². The summed E-state index contributed by atoms with van der Waals surface area (Å²) in [6.45, 7) is 0.257. The van der Waals surface area contributed by atoms with Crippen LogP contribution in [0.3, 0.4) is 0 Å². The summed E-state index contributed by atoms with van der Waals surface area (Å²) in [4.78, 5) is 25.2. The highest BCUT2D eigenvalue weighted by Gasteiger charge is 2.17. The highest BCUT2D eigenvalue weighted by molar-refractivity contribution is 8.71. The average Bonchev–Trinajstić information content (AvgIpc) is 3.41. The first-order valence-electron chi connectivity index (χ1n) is 10.8. The molecule has 2 aromatic carbocycles. The fraction of sp³-hybridized carbons (Fsp3) is 0.250. The molecule has 0 bridgehead atoms. The zero-order valence-corrected chi connectivity index (χ0v) is 22.4. The molecular formula is C24H27N3O4S4. The summed E-state index contributed by atoms with van der Waals surface area (Å²) in [6, 6.07) is 18.0. The SMILES string of the molecule is CSCC[C@H](C=O)NNC(=O)c1ccc(CSS(=O)(=O)NCc2cccs2)cc1-c1ccccc1. The maximum atomic E-state index is 13.0. The van der Waals surface area contributed by atoms with Crippen LogP contribution in [0.1, 0.15) is 27.2 Å². The molecule has 0 aliphatic heterocycles. The van der Waals surface area contributed by atoms with Gasteiger partial charge in [0.25, 0.3) is 15.0 Å². The molecule has 0 aliphatic carbocycles. The van der Waals surface area contributed by atoms with E-state index in [1.807, 2.05) is 60.2 Å². The molecule has 3 rings (SSSR count). The van der Waals surface area contributed by atoms with Gasteiger partial charge in [0.1, 0.15) is 6.29 Å². The number of aldehydes is 1. The van der Waals surface area contributed by atoms with Crippen LogP contribution >= 0.6 is 33.9 Å². The lowest BCUT2D eigenvalue weighted by Crippen LogP contribution is -2.45. The number of nitrogens with one attached hydrogen (secondary N) is 3. The van der Waals surface area contributed by atoms with Crippen molar-refractivity contribution in [1.29, 1.82) is 0 Å². The molecular weight excluding hydrogens is 523 g/mol. The molecule has 0 aliphatic rings. The Balaban J connectivity index is 1.73. The minimum absolute atomic E-state index is 0.224. The predicted molar refractivity (Wildman–Crippen MR) is 147 cm³/mol. The first-order valence-corrected chi connectivity index (χ1v) is 16.0. The van der Waals surface area contributed by atoms with E-state index in [0.717, 1.165) is 38.8 Å². The van der Waals surface area contributed by atoms with Gasteiger partial charge in [-0.05, 0) is 69.5 Å². The van der Waals surface area contributed by atoms with Gasteiger partial charge in [0, 0.05) is 22.7 Å². The minimum Gasteiger partial charge on any atom is -0.302 e. The van der Waals surface area contributed by atoms with Crippen LogP contribution < -0.4 is 15.6 Å². The fourth-order valence-electron chi connectivity index (χ4n) is 3.14. The summed E-state index contributed by atoms with van der Waals surface area (Å²) in [5, 5.41) is 1.90. The molecule has 0 unspecified atom stereocenters. The normalized spacial score (nSPS) is 12.3. The smallest absolute Gasteiger partial charge is 0.266 e. The Bertz CT molecular complexity index is 1200. The number of amides is 1. The summed E-state index contributed by atoms with van der Waals surface area (Å²) in [7, 11) is -2.73. The number of rotatable bonds is 14. The van der Waals surface area contributed by atoms with Crippen LogP contribution in [0.15, 0.2) is 66.0 Å². The van der Waals surface area contributed by atoms with E-state index >= 15 is 0 Å². The highest BCUT2D eigenvalue weighted by Crippen LogP contribution is 2.28. The van der Waals surface area contributed by atoms with Gasteiger partial charge in [-0.25, -0.2) is 18.6 Å². The Morgan fingerprint density at radius 3 is 2.60 bits per heavy atom. The van der Waals surface area contributed by atoms with Gasteiger partial charge in [-0.1, -0.05) is 42.5 Å². The van der Waals surface area contributed by atoms with Crippen LogP contribution in [0.25, 0.3) is 11.1 Å². The molecule has 1 heterocycles. The van der Waals surface area contributed by atoms with Gasteiger partial charge >= 0.3 is 0 Å². The number of thioether (sulfide) groups is 1. The maximum Gasteiger partial charge on any atom is 0.266 e. The van der Waals surface area contributed by atoms with E-state index in [9.17, 15) is 18.0 Å². The topological polar surface area (TPSA) is 104 Å². The lowest BCUT2D eigenvalue weighted by molar-refractivity contribution is -0.109. The molecule has 1 amide bonds. The number of hydrazine groups is 1. The second-order valence-electron chi connectivity index (χ2n) is 7.49. The Morgan fingerprint density at radius 1 is 1.11 bits per heavy atom. The molecule has 0 fully saturated rings. The minimum atomic E-state index is -3.54. The standard InChI is InChI=1S/C24H27N3O4S4/c1-32-13-11-20(16-28)26-27-24(29)22-10-9-18(14-23(22)19-6-3-2-4-7-19)17-34-35(30,31)25-15-21-8-5-12-33-21/h2-10,12,14,16,20,25-26H,11,13,15,17H2,1H3,(H,27,29)/t20-/m1/s1. The van der Waals surface area contributed by atoms with Crippen molar-refractivity contribution >= 4 is 55.1 Å². The molecule has 0 saturated carbocycles. The lowest BCUT2D eigenvalue weighted by atomic mass is 9.97. The van der Waals surface area contributed by atoms with Crippen molar-refractivity contribution in [1.82, 2.24) is 15.6 Å². The van der Waals surface area contributed by atoms with Crippen LogP contribution in [0.5, 0.6) is 0 Å². The van der Waals surface area contributed by atoms with E-state index in [1.165, 1.54) is 11.3 Å². The third kappa shape index (κ3) is 8.78. The summed E-state index contributed by atoms with van der Waals surface area (Å²) in [6.07, 6.45) is 3.33. The molecule has 0 saturated heterocycles. The molecule has 3 N–H and O–H groups in total. The van der Waals surface area contributed by atoms with Crippen molar-refractivity contribution in [3.63, 3.8) is 0 Å². The van der Waals surface area contributed by atoms with Crippen LogP contribution in [-0.2, 0) is 26.1 Å². The van der Waals surface area contributed by atoms with Crippen LogP contribution in [-0.4, -0.2) is 38.7 Å². The van der Waals surface area contributed by atoms with Crippen molar-refractivity contribution in [3.05, 3.63) is 82.0 Å². The number of carbonyl (C=O) groups excluding carboxylic acids is 2. The highest BCUT2D eigenvalue weighted by atomic mass is 33.1. The quantitative estimate of drug-likeness (QED) is 0.157. The van der Waals surface area contributed by atoms with Gasteiger partial charge in [-0.3, -0.25) is 10.2 Å². The van der Waals surface area contributed by atoms with E-state index in [2.05, 4.69) is 15.6 Å². The first-order chi connectivity index (χ1) is 16.9. The number of benzene rings is 2. The predicted octanol–water partition coefficient (Wildman–Crippen LogP) is 4.24. The van der Waals surface area contributed by atoms with E-state index in [4.69, 9.17) is 0 Å². The lowest BCUT2D eigenvalue weighted by Gasteiger charge is -2.16. The Hall–Kier alpha value is -2.15. The molecule has 0 radical (unpaired) electrons. The number of thiophene rings is 1. The third-order valence-corrected chi connectivity index (χ3v) is 9.38. The van der Waals surface area contributed by atoms with E-state index < -0.39 is 15.1 Å². The summed E-state index contributed by atoms with van der Waals surface area (Å²) < 4.78 is 27.5. The second-order valence-corrected chi connectivity index (χ2v) is 13.2. The van der Waals surface area contributed by atoms with E-state index in [1.54, 1.807) is 23.9 Å². The van der Waals surface area contributed by atoms with Crippen molar-refractivity contribution in [2.75, 3.05) is 12.0 Å². The number of carbonyl (C=O) groups is 2. The Morgan fingerprint density at radius 2 is 1.91 bits per heavy atom. The van der Waals surface area contributed by atoms with Crippen LogP contribution in [0.4, 0.5) is 0 Å². The van der Waals surface area contributed by atoms with Gasteiger partial charge in [-0.15, -0.1) is 11.3 Å². The molecule has 186 valence electrons. The summed E-state index contributed by atoms with van der Waals surface area (Å²) in [5.74, 6) is 0.644. The number of hydrogen-bond acceptors (Lipinski definition) is 8. The largest absolute Gasteiger partial charge is 0.302 e. The van der Waals surface area contributed by atoms with Gasteiger partial charge in [-0.2, -0.15) is 11.8 Å². The molecule has 1 aromatic heterocycles. The van der Waals surface area contributed by atoms with Crippen molar-refractivity contribution in [3.8, 4) is 11.1 Å². The van der Waals surface area contributed by atoms with E-state index in [0.29, 0.717) is 17.5 Å². The Labute approximate surface area is 217 Å². The van der Waals surface area contributed by atoms with Crippen molar-refractivity contribution < 1.29 is 18.0 Å². The zero-order valence-electron chi connectivity index (χ0n) is 19.1. The molecule has 1 atom stereocenters. The monoisotopic (exact) mass is 549 g/mol. The van der Waals surface area contributed by atoms with E-state index in [-0.39, 0.29) is 18.2 Å². The van der Waals surface area contributed by atoms with Crippen molar-refractivity contribution in [2.45, 2.75) is 24.8 Å². The number of hydrogen-bond donors (Lipinski definition) is 3. The first kappa shape index (κ1) is 27.4. The maximum absolute atomic E-state index is 13.0. The molecule has 7 nitrogen and oxygen atoms in total. The summed E-state index contributed by atoms with van der Waals surface area (Å²) >= 11 is 3.12. The Kier molecular flexibility index (Phi) is 10.8. The van der Waals surface area contributed by atoms with Gasteiger partial charge < -0.3 is 4.79 Å². The zero-order chi connectivity index (χ0) is 25.1. The third-order valence-electron chi connectivity index (χ3n) is 4.97. The van der Waals surface area contributed by atoms with Gasteiger partial charge in [0.15, 0.2) is 0 Å². The van der Waals surface area contributed by atoms with Crippen LogP contribution in [0.2, 0.25) is 0 Å². The van der Waals surface area contributed by atoms with Crippen molar-refractivity contribution in [2.24, 2.45) is 0 Å². The second kappa shape index (κ2) is 13.8.